The third kappa shape index (κ3) is 4.17. The number of carbonyl (C=O) groups is 1. The zero-order chi connectivity index (χ0) is 18.0. The second-order valence-electron chi connectivity index (χ2n) is 8.58. The van der Waals surface area contributed by atoms with Gasteiger partial charge in [-0.3, -0.25) is 14.6 Å². The molecule has 0 radical (unpaired) electrons. The van der Waals surface area contributed by atoms with E-state index < -0.39 is 0 Å². The fraction of sp³-hybridized carbons (Fsp3) is 0.900. The largest absolute Gasteiger partial charge is 0.340 e. The molecule has 1 amide bonds. The van der Waals surface area contributed by atoms with Crippen molar-refractivity contribution < 1.29 is 4.79 Å². The van der Waals surface area contributed by atoms with Gasteiger partial charge in [0.2, 0.25) is 5.91 Å². The zero-order valence-electron chi connectivity index (χ0n) is 16.2. The number of piperazine rings is 1. The summed E-state index contributed by atoms with van der Waals surface area (Å²) in [5.41, 5.74) is 0. The minimum absolute atomic E-state index is 0.187. The van der Waals surface area contributed by atoms with Gasteiger partial charge in [-0.25, -0.2) is 0 Å². The molecule has 5 nitrogen and oxygen atoms in total. The Morgan fingerprint density at radius 3 is 2.36 bits per heavy atom. The number of hydrogen-bond donors (Lipinski definition) is 0. The van der Waals surface area contributed by atoms with Gasteiger partial charge in [-0.15, -0.1) is 0 Å². The van der Waals surface area contributed by atoms with Crippen molar-refractivity contribution in [1.29, 1.82) is 5.26 Å². The SMILES string of the molecule is CC(C)N1CCN(C(=O)[C@H]2CCN(C3CCC(C#N)CC3)C2)C[C@@H]1C. The topological polar surface area (TPSA) is 50.6 Å². The van der Waals surface area contributed by atoms with Gasteiger partial charge in [0.1, 0.15) is 0 Å². The Hall–Kier alpha value is -1.12. The molecule has 0 spiro atoms. The number of hydrogen-bond acceptors (Lipinski definition) is 4. The summed E-state index contributed by atoms with van der Waals surface area (Å²) >= 11 is 0. The van der Waals surface area contributed by atoms with E-state index in [9.17, 15) is 4.79 Å². The molecule has 1 saturated carbocycles. The van der Waals surface area contributed by atoms with Gasteiger partial charge in [0, 0.05) is 50.2 Å². The molecule has 2 saturated heterocycles. The van der Waals surface area contributed by atoms with Crippen LogP contribution in [-0.2, 0) is 4.79 Å². The first-order chi connectivity index (χ1) is 12.0. The fourth-order valence-corrected chi connectivity index (χ4v) is 5.09. The molecule has 0 N–H and O–H groups in total. The van der Waals surface area contributed by atoms with Gasteiger partial charge in [-0.1, -0.05) is 0 Å². The minimum Gasteiger partial charge on any atom is -0.340 e. The van der Waals surface area contributed by atoms with Crippen molar-refractivity contribution in [3.05, 3.63) is 0 Å². The molecule has 25 heavy (non-hydrogen) atoms. The maximum atomic E-state index is 13.0. The van der Waals surface area contributed by atoms with Crippen molar-refractivity contribution in [2.24, 2.45) is 11.8 Å². The van der Waals surface area contributed by atoms with Crippen molar-refractivity contribution in [2.45, 2.75) is 71.0 Å². The lowest BCUT2D eigenvalue weighted by molar-refractivity contribution is -0.138. The van der Waals surface area contributed by atoms with Gasteiger partial charge in [0.15, 0.2) is 0 Å². The summed E-state index contributed by atoms with van der Waals surface area (Å²) in [4.78, 5) is 20.1. The van der Waals surface area contributed by atoms with E-state index in [-0.39, 0.29) is 11.8 Å². The molecule has 5 heteroatoms. The number of likely N-dealkylation sites (tertiary alicyclic amines) is 1. The van der Waals surface area contributed by atoms with Gasteiger partial charge in [0.05, 0.1) is 12.0 Å². The Bertz CT molecular complexity index is 506. The van der Waals surface area contributed by atoms with E-state index >= 15 is 0 Å². The van der Waals surface area contributed by atoms with Crippen LogP contribution in [0.25, 0.3) is 0 Å². The summed E-state index contributed by atoms with van der Waals surface area (Å²) < 4.78 is 0. The number of nitriles is 1. The third-order valence-electron chi connectivity index (χ3n) is 6.62. The molecule has 1 aliphatic carbocycles. The van der Waals surface area contributed by atoms with Crippen LogP contribution in [0, 0.1) is 23.2 Å². The Morgan fingerprint density at radius 1 is 1.04 bits per heavy atom. The van der Waals surface area contributed by atoms with Crippen LogP contribution >= 0.6 is 0 Å². The van der Waals surface area contributed by atoms with Crippen molar-refractivity contribution in [3.63, 3.8) is 0 Å². The van der Waals surface area contributed by atoms with Crippen LogP contribution in [0.4, 0.5) is 0 Å². The van der Waals surface area contributed by atoms with Crippen LogP contribution < -0.4 is 0 Å². The Morgan fingerprint density at radius 2 is 1.76 bits per heavy atom. The summed E-state index contributed by atoms with van der Waals surface area (Å²) in [6.07, 6.45) is 5.33. The molecular weight excluding hydrogens is 312 g/mol. The molecule has 0 aromatic carbocycles. The first kappa shape index (κ1) is 18.7. The molecule has 2 heterocycles. The highest BCUT2D eigenvalue weighted by Gasteiger charge is 2.37. The van der Waals surface area contributed by atoms with E-state index in [2.05, 4.69) is 41.5 Å². The molecule has 0 bridgehead atoms. The van der Waals surface area contributed by atoms with Gasteiger partial charge >= 0.3 is 0 Å². The number of amides is 1. The smallest absolute Gasteiger partial charge is 0.227 e. The molecule has 0 aromatic heterocycles. The van der Waals surface area contributed by atoms with Gasteiger partial charge < -0.3 is 4.90 Å². The predicted molar refractivity (Wildman–Crippen MR) is 98.9 cm³/mol. The number of rotatable bonds is 3. The van der Waals surface area contributed by atoms with E-state index in [1.54, 1.807) is 0 Å². The molecule has 140 valence electrons. The van der Waals surface area contributed by atoms with Crippen LogP contribution in [0.5, 0.6) is 0 Å². The standard InChI is InChI=1S/C20H34N4O/c1-15(2)24-11-10-23(13-16(24)3)20(25)18-8-9-22(14-18)19-6-4-17(12-21)5-7-19/h15-19H,4-11,13-14H2,1-3H3/t16-,17?,18-,19?/m0/s1. The van der Waals surface area contributed by atoms with Gasteiger partial charge in [0.25, 0.3) is 0 Å². The second-order valence-corrected chi connectivity index (χ2v) is 8.58. The molecule has 2 atom stereocenters. The Balaban J connectivity index is 1.49. The average Bonchev–Trinajstić information content (AvgIpc) is 3.10. The molecular formula is C20H34N4O. The quantitative estimate of drug-likeness (QED) is 0.787. The predicted octanol–water partition coefficient (Wildman–Crippen LogP) is 2.33. The van der Waals surface area contributed by atoms with Crippen molar-refractivity contribution in [3.8, 4) is 6.07 Å². The second kappa shape index (κ2) is 8.05. The number of nitrogens with zero attached hydrogens (tertiary/aromatic N) is 4. The highest BCUT2D eigenvalue weighted by Crippen LogP contribution is 2.31. The Kier molecular flexibility index (Phi) is 6.01. The lowest BCUT2D eigenvalue weighted by Gasteiger charge is -2.42. The van der Waals surface area contributed by atoms with Crippen molar-refractivity contribution in [2.75, 3.05) is 32.7 Å². The lowest BCUT2D eigenvalue weighted by Crippen LogP contribution is -2.56. The summed E-state index contributed by atoms with van der Waals surface area (Å²) in [5.74, 6) is 0.824. The van der Waals surface area contributed by atoms with E-state index in [0.29, 0.717) is 24.0 Å². The monoisotopic (exact) mass is 346 g/mol. The molecule has 2 aliphatic heterocycles. The molecule has 0 aromatic rings. The van der Waals surface area contributed by atoms with E-state index in [4.69, 9.17) is 5.26 Å². The lowest BCUT2D eigenvalue weighted by atomic mass is 9.86. The van der Waals surface area contributed by atoms with Crippen LogP contribution in [-0.4, -0.2) is 71.5 Å². The van der Waals surface area contributed by atoms with Crippen molar-refractivity contribution in [1.82, 2.24) is 14.7 Å². The normalized spacial score (nSPS) is 35.1. The highest BCUT2D eigenvalue weighted by molar-refractivity contribution is 5.79. The van der Waals surface area contributed by atoms with E-state index in [0.717, 1.165) is 64.8 Å². The average molecular weight is 347 g/mol. The summed E-state index contributed by atoms with van der Waals surface area (Å²) in [6, 6.07) is 4.02. The Labute approximate surface area is 152 Å². The van der Waals surface area contributed by atoms with E-state index in [1.165, 1.54) is 0 Å². The van der Waals surface area contributed by atoms with Gasteiger partial charge in [-0.2, -0.15) is 5.26 Å². The summed E-state index contributed by atoms with van der Waals surface area (Å²) in [5, 5.41) is 9.06. The first-order valence-electron chi connectivity index (χ1n) is 10.2. The summed E-state index contributed by atoms with van der Waals surface area (Å²) in [7, 11) is 0. The fourth-order valence-electron chi connectivity index (χ4n) is 5.09. The maximum Gasteiger partial charge on any atom is 0.227 e. The third-order valence-corrected chi connectivity index (χ3v) is 6.62. The zero-order valence-corrected chi connectivity index (χ0v) is 16.2. The van der Waals surface area contributed by atoms with Crippen LogP contribution in [0.15, 0.2) is 0 Å². The number of carbonyl (C=O) groups excluding carboxylic acids is 1. The summed E-state index contributed by atoms with van der Waals surface area (Å²) in [6.45, 7) is 11.5. The van der Waals surface area contributed by atoms with E-state index in [1.807, 2.05) is 0 Å². The maximum absolute atomic E-state index is 13.0. The highest BCUT2D eigenvalue weighted by atomic mass is 16.2. The molecule has 3 fully saturated rings. The van der Waals surface area contributed by atoms with Crippen LogP contribution in [0.2, 0.25) is 0 Å². The van der Waals surface area contributed by atoms with Crippen LogP contribution in [0.3, 0.4) is 0 Å². The molecule has 3 aliphatic rings. The minimum atomic E-state index is 0.187. The first-order valence-corrected chi connectivity index (χ1v) is 10.2. The van der Waals surface area contributed by atoms with Gasteiger partial charge in [-0.05, 0) is 59.4 Å². The molecule has 3 rings (SSSR count). The van der Waals surface area contributed by atoms with Crippen LogP contribution in [0.1, 0.15) is 52.9 Å². The molecule has 0 unspecified atom stereocenters. The van der Waals surface area contributed by atoms with Crippen molar-refractivity contribution >= 4 is 5.91 Å².